The first-order valence-electron chi connectivity index (χ1n) is 19.1. The first-order chi connectivity index (χ1) is 25.7. The van der Waals surface area contributed by atoms with Crippen molar-refractivity contribution in [2.24, 2.45) is 5.73 Å². The van der Waals surface area contributed by atoms with Crippen LogP contribution in [0.4, 0.5) is 0 Å². The molecule has 0 saturated carbocycles. The van der Waals surface area contributed by atoms with E-state index >= 15 is 0 Å². The highest BCUT2D eigenvalue weighted by Gasteiger charge is 2.36. The molecule has 0 radical (unpaired) electrons. The molecule has 14 nitrogen and oxygen atoms in total. The number of fused-ring (bicyclic) bond motifs is 5. The van der Waals surface area contributed by atoms with Gasteiger partial charge in [0.1, 0.15) is 35.7 Å². The molecule has 2 aromatic rings. The van der Waals surface area contributed by atoms with Crippen LogP contribution in [-0.4, -0.2) is 89.8 Å². The molecular formula is C39H59N5O9S. The number of nitrogens with one attached hydrogen (secondary N) is 3. The summed E-state index contributed by atoms with van der Waals surface area (Å²) in [6.07, 6.45) is 11.3. The van der Waals surface area contributed by atoms with Gasteiger partial charge in [0.15, 0.2) is 0 Å². The topological polar surface area (TPSA) is 228 Å². The maximum Gasteiger partial charge on any atom is 0.326 e. The number of carbonyl (C=O) groups is 4. The van der Waals surface area contributed by atoms with E-state index in [0.717, 1.165) is 30.6 Å². The lowest BCUT2D eigenvalue weighted by molar-refractivity contribution is -0.143. The van der Waals surface area contributed by atoms with Gasteiger partial charge in [-0.05, 0) is 68.1 Å². The fourth-order valence-corrected chi connectivity index (χ4v) is 8.01. The van der Waals surface area contributed by atoms with Crippen LogP contribution in [0, 0.1) is 0 Å². The number of carbonyl (C=O) groups excluding carboxylic acids is 3. The summed E-state index contributed by atoms with van der Waals surface area (Å²) in [6.45, 7) is 3.89. The van der Waals surface area contributed by atoms with Crippen molar-refractivity contribution >= 4 is 33.7 Å². The van der Waals surface area contributed by atoms with Gasteiger partial charge in [0.25, 0.3) is 0 Å². The Morgan fingerprint density at radius 2 is 1.46 bits per heavy atom. The van der Waals surface area contributed by atoms with Crippen molar-refractivity contribution < 1.29 is 42.9 Å². The van der Waals surface area contributed by atoms with E-state index < -0.39 is 57.9 Å². The molecule has 1 heterocycles. The number of amides is 3. The SMILES string of the molecule is CCCCCCCCCCCCS(=O)(=O)NC(CCCCN)C(=O)N(C)C1C(=O)NC(C)C(=O)NC(C(=O)O)Cc2ccc(O)c(c2)-c2cc1ccc2O. The third-order valence-corrected chi connectivity index (χ3v) is 11.3. The van der Waals surface area contributed by atoms with Crippen LogP contribution in [0.15, 0.2) is 36.4 Å². The molecule has 0 spiro atoms. The van der Waals surface area contributed by atoms with Crippen molar-refractivity contribution in [3.05, 3.63) is 47.5 Å². The molecule has 3 rings (SSSR count). The second kappa shape index (κ2) is 21.6. The van der Waals surface area contributed by atoms with Crippen LogP contribution in [0.2, 0.25) is 0 Å². The molecule has 4 bridgehead atoms. The zero-order valence-corrected chi connectivity index (χ0v) is 32.6. The molecule has 0 fully saturated rings. The molecule has 8 N–H and O–H groups in total. The second-order valence-electron chi connectivity index (χ2n) is 14.3. The summed E-state index contributed by atoms with van der Waals surface area (Å²) in [5.74, 6) is -4.31. The molecular weight excluding hydrogens is 715 g/mol. The van der Waals surface area contributed by atoms with E-state index in [1.54, 1.807) is 0 Å². The van der Waals surface area contributed by atoms with E-state index in [0.29, 0.717) is 31.4 Å². The molecule has 3 amide bonds. The first kappa shape index (κ1) is 44.2. The first-order valence-corrected chi connectivity index (χ1v) is 20.8. The van der Waals surface area contributed by atoms with E-state index in [2.05, 4.69) is 22.3 Å². The standard InChI is InChI=1S/C39H59N5O9S/c1-4-5-6-7-8-9-10-11-12-15-22-54(52,53)43-31(16-13-14-21-40)38(49)44(3)35-28-18-20-34(46)30(25-28)29-23-27(17-19-33(29)45)24-32(39(50)51)42-36(47)26(2)41-37(35)48/h17-20,23,25-26,31-32,35,43,45-46H,4-16,21-22,24,40H2,1-3H3,(H,41,48)(H,42,47)(H,50,51). The molecule has 2 aromatic carbocycles. The molecule has 0 aromatic heterocycles. The molecule has 1 aliphatic rings. The fourth-order valence-electron chi connectivity index (χ4n) is 6.66. The summed E-state index contributed by atoms with van der Waals surface area (Å²) in [6, 6.07) is 3.15. The molecule has 4 unspecified atom stereocenters. The van der Waals surface area contributed by atoms with Crippen molar-refractivity contribution in [2.75, 3.05) is 19.3 Å². The van der Waals surface area contributed by atoms with Crippen molar-refractivity contribution in [1.29, 1.82) is 0 Å². The number of hydrogen-bond donors (Lipinski definition) is 7. The van der Waals surface area contributed by atoms with Gasteiger partial charge in [-0.3, -0.25) is 14.4 Å². The third kappa shape index (κ3) is 13.3. The van der Waals surface area contributed by atoms with Crippen LogP contribution in [0.25, 0.3) is 11.1 Å². The minimum absolute atomic E-state index is 0.100. The van der Waals surface area contributed by atoms with Crippen LogP contribution in [0.5, 0.6) is 11.5 Å². The summed E-state index contributed by atoms with van der Waals surface area (Å²) in [5, 5.41) is 36.6. The normalized spacial score (nSPS) is 18.3. The number of carboxylic acids is 1. The summed E-state index contributed by atoms with van der Waals surface area (Å²) >= 11 is 0. The average Bonchev–Trinajstić information content (AvgIpc) is 3.12. The Labute approximate surface area is 319 Å². The van der Waals surface area contributed by atoms with Gasteiger partial charge in [-0.2, -0.15) is 0 Å². The maximum atomic E-state index is 14.3. The molecule has 0 aliphatic carbocycles. The number of hydrogen-bond acceptors (Lipinski definition) is 9. The number of unbranched alkanes of at least 4 members (excludes halogenated alkanes) is 10. The number of sulfonamides is 1. The van der Waals surface area contributed by atoms with Gasteiger partial charge in [-0.25, -0.2) is 17.9 Å². The lowest BCUT2D eigenvalue weighted by Crippen LogP contribution is -2.54. The van der Waals surface area contributed by atoms with Gasteiger partial charge >= 0.3 is 5.97 Å². The van der Waals surface area contributed by atoms with Crippen LogP contribution in [-0.2, 0) is 35.6 Å². The smallest absolute Gasteiger partial charge is 0.326 e. The van der Waals surface area contributed by atoms with Crippen molar-refractivity contribution in [1.82, 2.24) is 20.3 Å². The highest BCUT2D eigenvalue weighted by atomic mass is 32.2. The van der Waals surface area contributed by atoms with Crippen molar-refractivity contribution in [2.45, 2.75) is 128 Å². The highest BCUT2D eigenvalue weighted by molar-refractivity contribution is 7.89. The largest absolute Gasteiger partial charge is 0.507 e. The predicted molar refractivity (Wildman–Crippen MR) is 207 cm³/mol. The molecule has 300 valence electrons. The Hall–Kier alpha value is -4.21. The zero-order valence-electron chi connectivity index (χ0n) is 31.8. The van der Waals surface area contributed by atoms with Gasteiger partial charge in [-0.15, -0.1) is 0 Å². The second-order valence-corrected chi connectivity index (χ2v) is 16.1. The number of aromatic hydroxyl groups is 2. The summed E-state index contributed by atoms with van der Waals surface area (Å²) in [4.78, 5) is 54.6. The molecule has 1 aliphatic heterocycles. The zero-order chi connectivity index (χ0) is 39.8. The number of phenolic OH excluding ortho intramolecular Hbond substituents is 2. The fraction of sp³-hybridized carbons (Fsp3) is 0.590. The minimum atomic E-state index is -3.90. The Balaban J connectivity index is 1.91. The summed E-state index contributed by atoms with van der Waals surface area (Å²) < 4.78 is 29.2. The predicted octanol–water partition coefficient (Wildman–Crippen LogP) is 4.23. The van der Waals surface area contributed by atoms with Crippen molar-refractivity contribution in [3.63, 3.8) is 0 Å². The number of carboxylic acid groups (broad SMARTS) is 1. The Bertz CT molecular complexity index is 1690. The molecule has 4 atom stereocenters. The van der Waals surface area contributed by atoms with E-state index in [-0.39, 0.29) is 46.8 Å². The number of rotatable bonds is 20. The van der Waals surface area contributed by atoms with E-state index in [4.69, 9.17) is 5.73 Å². The quantitative estimate of drug-likeness (QED) is 0.0948. The van der Waals surface area contributed by atoms with Gasteiger partial charge in [0.05, 0.1) is 5.75 Å². The number of likely N-dealkylation sites (N-methyl/N-ethyl adjacent to an activating group) is 1. The number of nitrogens with two attached hydrogens (primary N) is 1. The van der Waals surface area contributed by atoms with Crippen LogP contribution in [0.3, 0.4) is 0 Å². The molecule has 15 heteroatoms. The van der Waals surface area contributed by atoms with E-state index in [1.165, 1.54) is 82.5 Å². The summed E-state index contributed by atoms with van der Waals surface area (Å²) in [7, 11) is -2.56. The van der Waals surface area contributed by atoms with Gasteiger partial charge in [-0.1, -0.05) is 83.3 Å². The van der Waals surface area contributed by atoms with Crippen LogP contribution in [0.1, 0.15) is 114 Å². The van der Waals surface area contributed by atoms with Crippen LogP contribution < -0.4 is 21.1 Å². The monoisotopic (exact) mass is 773 g/mol. The number of benzene rings is 2. The van der Waals surface area contributed by atoms with Gasteiger partial charge in [0.2, 0.25) is 27.7 Å². The Morgan fingerprint density at radius 1 is 0.870 bits per heavy atom. The molecule has 54 heavy (non-hydrogen) atoms. The van der Waals surface area contributed by atoms with E-state index in [9.17, 15) is 42.9 Å². The number of aliphatic carboxylic acids is 1. The maximum absolute atomic E-state index is 14.3. The van der Waals surface area contributed by atoms with Crippen molar-refractivity contribution in [3.8, 4) is 22.6 Å². The van der Waals surface area contributed by atoms with Gasteiger partial charge in [0, 0.05) is 24.6 Å². The Morgan fingerprint density at radius 3 is 2.07 bits per heavy atom. The van der Waals surface area contributed by atoms with E-state index in [1.807, 2.05) is 0 Å². The van der Waals surface area contributed by atoms with Gasteiger partial charge < -0.3 is 36.6 Å². The third-order valence-electron chi connectivity index (χ3n) is 9.81. The lowest BCUT2D eigenvalue weighted by Gasteiger charge is -2.32. The number of nitrogens with zero attached hydrogens (tertiary/aromatic N) is 1. The Kier molecular flexibility index (Phi) is 17.7. The lowest BCUT2D eigenvalue weighted by atomic mass is 9.93. The number of phenols is 2. The van der Waals surface area contributed by atoms with Crippen LogP contribution >= 0.6 is 0 Å². The average molecular weight is 774 g/mol. The minimum Gasteiger partial charge on any atom is -0.507 e. The summed E-state index contributed by atoms with van der Waals surface area (Å²) in [5.41, 5.74) is 6.56. The highest BCUT2D eigenvalue weighted by Crippen LogP contribution is 2.39. The molecule has 0 saturated heterocycles.